The van der Waals surface area contributed by atoms with Crippen LogP contribution in [0.2, 0.25) is 0 Å². The zero-order chi connectivity index (χ0) is 22.6. The van der Waals surface area contributed by atoms with Gasteiger partial charge in [0.25, 0.3) is 0 Å². The number of hydrogen-bond donors (Lipinski definition) is 0. The Labute approximate surface area is 180 Å². The van der Waals surface area contributed by atoms with Gasteiger partial charge in [0.15, 0.2) is 5.79 Å². The summed E-state index contributed by atoms with van der Waals surface area (Å²) in [6.07, 6.45) is 3.31. The van der Waals surface area contributed by atoms with Gasteiger partial charge in [-0.3, -0.25) is 0 Å². The Morgan fingerprint density at radius 1 is 1.29 bits per heavy atom. The first-order chi connectivity index (χ1) is 14.9. The number of esters is 2. The highest BCUT2D eigenvalue weighted by atomic mass is 16.7. The van der Waals surface area contributed by atoms with Gasteiger partial charge in [-0.15, -0.1) is 6.58 Å². The standard InChI is InChI=1S/C22H26N2O7/c1-5-14-8-9-22(30-10-11-31-22)21(14,2)13-29-19(25)16-7-6-15(27-3)12-17(16)18(24-23)20(26)28-4/h5-7,12,14H,1,8-11,13H2,2-4H3/t14-,21+/m1/s1. The molecule has 2 aliphatic rings. The minimum atomic E-state index is -0.911. The van der Waals surface area contributed by atoms with E-state index < -0.39 is 28.9 Å². The summed E-state index contributed by atoms with van der Waals surface area (Å²) in [5.74, 6) is -2.06. The molecule has 1 aromatic carbocycles. The largest absolute Gasteiger partial charge is 0.497 e. The van der Waals surface area contributed by atoms with Crippen molar-refractivity contribution in [3.05, 3.63) is 47.5 Å². The maximum Gasteiger partial charge on any atom is 0.422 e. The second-order valence-electron chi connectivity index (χ2n) is 7.68. The number of carbonyl (C=O) groups excluding carboxylic acids is 2. The topological polar surface area (TPSA) is 117 Å². The van der Waals surface area contributed by atoms with Crippen molar-refractivity contribution >= 4 is 17.7 Å². The van der Waals surface area contributed by atoms with E-state index in [9.17, 15) is 15.1 Å². The van der Waals surface area contributed by atoms with Crippen LogP contribution in [0.25, 0.3) is 5.53 Å². The second kappa shape index (κ2) is 9.01. The first-order valence-corrected chi connectivity index (χ1v) is 9.92. The smallest absolute Gasteiger partial charge is 0.422 e. The zero-order valence-electron chi connectivity index (χ0n) is 17.9. The number of rotatable bonds is 7. The van der Waals surface area contributed by atoms with Crippen LogP contribution in [-0.2, 0) is 23.7 Å². The molecule has 31 heavy (non-hydrogen) atoms. The highest BCUT2D eigenvalue weighted by Gasteiger charge is 2.61. The summed E-state index contributed by atoms with van der Waals surface area (Å²) in [5, 5.41) is 0. The molecule has 1 spiro atoms. The van der Waals surface area contributed by atoms with Gasteiger partial charge >= 0.3 is 17.7 Å². The molecule has 0 amide bonds. The molecule has 2 fully saturated rings. The summed E-state index contributed by atoms with van der Waals surface area (Å²) in [7, 11) is 2.57. The minimum Gasteiger partial charge on any atom is -0.497 e. The Balaban J connectivity index is 1.90. The maximum absolute atomic E-state index is 13.0. The van der Waals surface area contributed by atoms with Crippen LogP contribution in [0, 0.1) is 11.3 Å². The molecule has 1 saturated heterocycles. The van der Waals surface area contributed by atoms with Gasteiger partial charge in [-0.1, -0.05) is 13.0 Å². The molecule has 0 radical (unpaired) electrons. The van der Waals surface area contributed by atoms with Crippen LogP contribution in [0.15, 0.2) is 30.9 Å². The number of methoxy groups -OCH3 is 2. The SMILES string of the molecule is C=C[C@@H]1CCC2(OCCO2)[C@@]1(C)COC(=O)c1ccc(OC)cc1C(=[N+]=[N-])C(=O)OC. The molecule has 3 rings (SSSR count). The van der Waals surface area contributed by atoms with Gasteiger partial charge in [0.2, 0.25) is 0 Å². The van der Waals surface area contributed by atoms with Crippen molar-refractivity contribution in [2.24, 2.45) is 11.3 Å². The molecule has 9 nitrogen and oxygen atoms in total. The Morgan fingerprint density at radius 3 is 2.58 bits per heavy atom. The number of allylic oxidation sites excluding steroid dienone is 1. The van der Waals surface area contributed by atoms with Crippen LogP contribution in [0.4, 0.5) is 0 Å². The predicted molar refractivity (Wildman–Crippen MR) is 109 cm³/mol. The number of hydrogen-bond acceptors (Lipinski definition) is 7. The maximum atomic E-state index is 13.0. The van der Waals surface area contributed by atoms with E-state index in [2.05, 4.69) is 16.1 Å². The summed E-state index contributed by atoms with van der Waals surface area (Å²) in [6, 6.07) is 4.38. The molecular weight excluding hydrogens is 404 g/mol. The lowest BCUT2D eigenvalue weighted by Crippen LogP contribution is -2.49. The van der Waals surface area contributed by atoms with Crippen LogP contribution < -0.4 is 4.74 Å². The van der Waals surface area contributed by atoms with Gasteiger partial charge in [-0.25, -0.2) is 9.59 Å². The van der Waals surface area contributed by atoms with Crippen LogP contribution in [0.5, 0.6) is 5.75 Å². The molecule has 9 heteroatoms. The van der Waals surface area contributed by atoms with E-state index in [1.54, 1.807) is 6.07 Å². The Kier molecular flexibility index (Phi) is 6.59. The fourth-order valence-corrected chi connectivity index (χ4v) is 4.37. The highest BCUT2D eigenvalue weighted by molar-refractivity contribution is 6.42. The van der Waals surface area contributed by atoms with Crippen molar-refractivity contribution in [1.82, 2.24) is 0 Å². The molecule has 2 atom stereocenters. The third-order valence-corrected chi connectivity index (χ3v) is 6.19. The molecule has 1 aromatic rings. The van der Waals surface area contributed by atoms with Crippen LogP contribution >= 0.6 is 0 Å². The molecule has 1 aliphatic heterocycles. The van der Waals surface area contributed by atoms with E-state index in [0.29, 0.717) is 25.4 Å². The summed E-state index contributed by atoms with van der Waals surface area (Å²) in [6.45, 7) is 6.83. The second-order valence-corrected chi connectivity index (χ2v) is 7.68. The van der Waals surface area contributed by atoms with Crippen LogP contribution in [-0.4, -0.2) is 62.3 Å². The summed E-state index contributed by atoms with van der Waals surface area (Å²) in [5.41, 5.74) is 8.33. The molecule has 0 bridgehead atoms. The van der Waals surface area contributed by atoms with E-state index in [1.807, 2.05) is 13.0 Å². The Morgan fingerprint density at radius 2 is 2.00 bits per heavy atom. The Bertz CT molecular complexity index is 932. The van der Waals surface area contributed by atoms with Crippen molar-refractivity contribution in [1.29, 1.82) is 0 Å². The van der Waals surface area contributed by atoms with E-state index in [1.165, 1.54) is 19.2 Å². The fourth-order valence-electron chi connectivity index (χ4n) is 4.37. The highest BCUT2D eigenvalue weighted by Crippen LogP contribution is 2.55. The number of ether oxygens (including phenoxy) is 5. The van der Waals surface area contributed by atoms with Gasteiger partial charge < -0.3 is 29.2 Å². The molecule has 166 valence electrons. The summed E-state index contributed by atoms with van der Waals surface area (Å²) in [4.78, 5) is 28.1. The molecule has 0 aromatic heterocycles. The van der Waals surface area contributed by atoms with Gasteiger partial charge in [0.05, 0.1) is 44.0 Å². The quantitative estimate of drug-likeness (QED) is 0.214. The molecule has 1 saturated carbocycles. The monoisotopic (exact) mass is 430 g/mol. The van der Waals surface area contributed by atoms with Gasteiger partial charge in [0, 0.05) is 6.42 Å². The lowest BCUT2D eigenvalue weighted by Gasteiger charge is -2.41. The zero-order valence-corrected chi connectivity index (χ0v) is 17.9. The van der Waals surface area contributed by atoms with Crippen molar-refractivity contribution in [2.45, 2.75) is 25.6 Å². The Hall–Kier alpha value is -3.00. The van der Waals surface area contributed by atoms with E-state index in [-0.39, 0.29) is 23.7 Å². The van der Waals surface area contributed by atoms with Gasteiger partial charge in [0.1, 0.15) is 12.4 Å². The third kappa shape index (κ3) is 3.87. The molecule has 1 heterocycles. The number of benzene rings is 1. The molecular formula is C22H26N2O7. The van der Waals surface area contributed by atoms with Gasteiger partial charge in [-0.2, -0.15) is 4.79 Å². The molecule has 0 N–H and O–H groups in total. The first-order valence-electron chi connectivity index (χ1n) is 9.92. The van der Waals surface area contributed by atoms with Crippen molar-refractivity contribution in [3.8, 4) is 5.75 Å². The number of nitrogens with zero attached hydrogens (tertiary/aromatic N) is 2. The third-order valence-electron chi connectivity index (χ3n) is 6.19. The van der Waals surface area contributed by atoms with Gasteiger partial charge in [-0.05, 0) is 30.5 Å². The average molecular weight is 430 g/mol. The van der Waals surface area contributed by atoms with E-state index in [4.69, 9.17) is 18.9 Å². The van der Waals surface area contributed by atoms with E-state index >= 15 is 0 Å². The predicted octanol–water partition coefficient (Wildman–Crippen LogP) is 2.39. The lowest BCUT2D eigenvalue weighted by atomic mass is 9.77. The van der Waals surface area contributed by atoms with Crippen LogP contribution in [0.3, 0.4) is 0 Å². The van der Waals surface area contributed by atoms with Crippen molar-refractivity contribution < 1.29 is 38.1 Å². The average Bonchev–Trinajstić information content (AvgIpc) is 3.38. The summed E-state index contributed by atoms with van der Waals surface area (Å²) < 4.78 is 27.4. The van der Waals surface area contributed by atoms with Crippen molar-refractivity contribution in [2.75, 3.05) is 34.0 Å². The van der Waals surface area contributed by atoms with Crippen molar-refractivity contribution in [3.63, 3.8) is 0 Å². The van der Waals surface area contributed by atoms with Crippen LogP contribution in [0.1, 0.15) is 35.7 Å². The normalized spacial score (nSPS) is 23.8. The number of carbonyl (C=O) groups is 2. The molecule has 0 unspecified atom stereocenters. The minimum absolute atomic E-state index is 0.0117. The first kappa shape index (κ1) is 22.7. The fraction of sp³-hybridized carbons (Fsp3) is 0.500. The van der Waals surface area contributed by atoms with E-state index in [0.717, 1.165) is 13.5 Å². The molecule has 1 aliphatic carbocycles. The lowest BCUT2D eigenvalue weighted by molar-refractivity contribution is -0.231. The summed E-state index contributed by atoms with van der Waals surface area (Å²) >= 11 is 0.